The molecule has 0 aromatic carbocycles. The molecule has 0 aliphatic heterocycles. The Balaban J connectivity index is 2.87. The van der Waals surface area contributed by atoms with Gasteiger partial charge in [-0.15, -0.1) is 0 Å². The van der Waals surface area contributed by atoms with Gasteiger partial charge in [-0.1, -0.05) is 25.7 Å². The number of unbranched alkanes of at least 4 members (excludes halogenated alkanes) is 5. The molecule has 2 radical (unpaired) electrons. The third-order valence-corrected chi connectivity index (χ3v) is 1.92. The minimum Gasteiger partial charge on any atom is -0.379 e. The molecular formula is C10H18O3. The summed E-state index contributed by atoms with van der Waals surface area (Å²) in [6.07, 6.45) is 6.36. The fraction of sp³-hybridized carbons (Fsp3) is 0.800. The predicted molar refractivity (Wildman–Crippen MR) is 49.3 cm³/mol. The van der Waals surface area contributed by atoms with Crippen LogP contribution in [0.4, 0.5) is 0 Å². The van der Waals surface area contributed by atoms with Gasteiger partial charge in [0.1, 0.15) is 0 Å². The van der Waals surface area contributed by atoms with Gasteiger partial charge in [-0.3, -0.25) is 0 Å². The minimum atomic E-state index is -0.939. The highest BCUT2D eigenvalue weighted by Gasteiger charge is 1.98. The van der Waals surface area contributed by atoms with E-state index in [4.69, 9.17) is 0 Å². The molecular weight excluding hydrogens is 168 g/mol. The van der Waals surface area contributed by atoms with E-state index in [-0.39, 0.29) is 6.42 Å². The van der Waals surface area contributed by atoms with Crippen molar-refractivity contribution in [2.24, 2.45) is 0 Å². The SMILES string of the molecule is [CH2]OCCCCCCCCC([O])=O. The Morgan fingerprint density at radius 1 is 1.00 bits per heavy atom. The minimum absolute atomic E-state index is 0.196. The molecule has 76 valence electrons. The van der Waals surface area contributed by atoms with Crippen molar-refractivity contribution < 1.29 is 14.6 Å². The standard InChI is InChI=1S/C10H18O3/c1-13-9-7-5-3-2-4-6-8-10(11)12/h1-9H2. The van der Waals surface area contributed by atoms with Crippen molar-refractivity contribution in [3.8, 4) is 0 Å². The van der Waals surface area contributed by atoms with Gasteiger partial charge in [0, 0.05) is 6.61 Å². The van der Waals surface area contributed by atoms with Crippen LogP contribution in [-0.2, 0) is 14.6 Å². The van der Waals surface area contributed by atoms with Gasteiger partial charge in [-0.05, 0) is 12.8 Å². The molecule has 0 heterocycles. The summed E-state index contributed by atoms with van der Waals surface area (Å²) in [4.78, 5) is 10.0. The second-order valence-electron chi connectivity index (χ2n) is 3.15. The summed E-state index contributed by atoms with van der Waals surface area (Å²) in [6, 6.07) is 0. The zero-order valence-electron chi connectivity index (χ0n) is 8.09. The molecule has 13 heavy (non-hydrogen) atoms. The Morgan fingerprint density at radius 2 is 1.54 bits per heavy atom. The van der Waals surface area contributed by atoms with Crippen molar-refractivity contribution in [3.05, 3.63) is 7.11 Å². The van der Waals surface area contributed by atoms with Crippen LogP contribution in [0.15, 0.2) is 0 Å². The van der Waals surface area contributed by atoms with Crippen LogP contribution in [0.1, 0.15) is 44.9 Å². The summed E-state index contributed by atoms with van der Waals surface area (Å²) in [5.41, 5.74) is 0. The highest BCUT2D eigenvalue weighted by Crippen LogP contribution is 2.07. The highest BCUT2D eigenvalue weighted by atomic mass is 16.5. The zero-order chi connectivity index (χ0) is 9.94. The van der Waals surface area contributed by atoms with E-state index in [1.165, 1.54) is 0 Å². The molecule has 0 fully saturated rings. The van der Waals surface area contributed by atoms with E-state index in [1.54, 1.807) is 0 Å². The lowest BCUT2D eigenvalue weighted by molar-refractivity contribution is -0.143. The average Bonchev–Trinajstić information content (AvgIpc) is 2.09. The Morgan fingerprint density at radius 3 is 2.08 bits per heavy atom. The van der Waals surface area contributed by atoms with E-state index < -0.39 is 5.97 Å². The van der Waals surface area contributed by atoms with Crippen molar-refractivity contribution in [2.45, 2.75) is 44.9 Å². The number of hydrogen-bond donors (Lipinski definition) is 0. The average molecular weight is 186 g/mol. The lowest BCUT2D eigenvalue weighted by Gasteiger charge is -1.99. The predicted octanol–water partition coefficient (Wildman–Crippen LogP) is 2.48. The molecule has 3 nitrogen and oxygen atoms in total. The second-order valence-corrected chi connectivity index (χ2v) is 3.15. The molecule has 0 rings (SSSR count). The topological polar surface area (TPSA) is 46.2 Å². The zero-order valence-corrected chi connectivity index (χ0v) is 8.09. The lowest BCUT2D eigenvalue weighted by Crippen LogP contribution is -1.92. The van der Waals surface area contributed by atoms with Gasteiger partial charge in [0.25, 0.3) is 0 Å². The number of hydrogen-bond acceptors (Lipinski definition) is 2. The largest absolute Gasteiger partial charge is 0.379 e. The van der Waals surface area contributed by atoms with E-state index in [0.29, 0.717) is 0 Å². The van der Waals surface area contributed by atoms with Gasteiger partial charge in [-0.25, -0.2) is 9.90 Å². The smallest absolute Gasteiger partial charge is 0.355 e. The molecule has 0 saturated heterocycles. The third-order valence-electron chi connectivity index (χ3n) is 1.92. The summed E-state index contributed by atoms with van der Waals surface area (Å²) in [5.74, 6) is -0.939. The molecule has 0 bridgehead atoms. The number of carbonyl (C=O) groups is 1. The number of rotatable bonds is 9. The van der Waals surface area contributed by atoms with E-state index >= 15 is 0 Å². The van der Waals surface area contributed by atoms with Crippen LogP contribution in [0.5, 0.6) is 0 Å². The van der Waals surface area contributed by atoms with Crippen LogP contribution in [0.3, 0.4) is 0 Å². The molecule has 0 unspecified atom stereocenters. The van der Waals surface area contributed by atoms with Crippen molar-refractivity contribution in [1.29, 1.82) is 0 Å². The molecule has 0 spiro atoms. The molecule has 0 saturated carbocycles. The van der Waals surface area contributed by atoms with Crippen LogP contribution < -0.4 is 0 Å². The van der Waals surface area contributed by atoms with E-state index in [1.807, 2.05) is 0 Å². The van der Waals surface area contributed by atoms with Gasteiger partial charge in [0.2, 0.25) is 0 Å². The highest BCUT2D eigenvalue weighted by molar-refractivity contribution is 5.66. The van der Waals surface area contributed by atoms with Gasteiger partial charge < -0.3 is 4.74 Å². The first kappa shape index (κ1) is 12.4. The van der Waals surface area contributed by atoms with Crippen molar-refractivity contribution in [1.82, 2.24) is 0 Å². The molecule has 3 heteroatoms. The quantitative estimate of drug-likeness (QED) is 0.519. The molecule has 0 N–H and O–H groups in total. The fourth-order valence-electron chi connectivity index (χ4n) is 1.18. The summed E-state index contributed by atoms with van der Waals surface area (Å²) in [6.45, 7) is 0.721. The van der Waals surface area contributed by atoms with Gasteiger partial charge in [0.05, 0.1) is 13.5 Å². The maximum atomic E-state index is 10.0. The van der Waals surface area contributed by atoms with Crippen LogP contribution >= 0.6 is 0 Å². The van der Waals surface area contributed by atoms with Crippen LogP contribution in [-0.4, -0.2) is 12.6 Å². The molecule has 0 aliphatic rings. The molecule has 0 atom stereocenters. The normalized spacial score (nSPS) is 10.2. The Labute approximate surface area is 80.1 Å². The van der Waals surface area contributed by atoms with Gasteiger partial charge in [0.15, 0.2) is 0 Å². The fourth-order valence-corrected chi connectivity index (χ4v) is 1.18. The first-order chi connectivity index (χ1) is 6.27. The van der Waals surface area contributed by atoms with Gasteiger partial charge >= 0.3 is 5.97 Å². The molecule has 0 aliphatic carbocycles. The van der Waals surface area contributed by atoms with E-state index in [0.717, 1.165) is 45.1 Å². The second kappa shape index (κ2) is 9.52. The van der Waals surface area contributed by atoms with Crippen LogP contribution in [0, 0.1) is 7.11 Å². The molecule has 0 aromatic heterocycles. The molecule has 0 amide bonds. The number of carbonyl (C=O) groups excluding carboxylic acids is 1. The molecule has 0 aromatic rings. The number of ether oxygens (including phenoxy) is 1. The third kappa shape index (κ3) is 11.4. The first-order valence-electron chi connectivity index (χ1n) is 4.84. The maximum absolute atomic E-state index is 10.0. The van der Waals surface area contributed by atoms with Crippen LogP contribution in [0.25, 0.3) is 0 Å². The first-order valence-corrected chi connectivity index (χ1v) is 4.84. The summed E-state index contributed by atoms with van der Waals surface area (Å²) in [5, 5.41) is 10.0. The summed E-state index contributed by atoms with van der Waals surface area (Å²) < 4.78 is 4.67. The van der Waals surface area contributed by atoms with Gasteiger partial charge in [-0.2, -0.15) is 0 Å². The lowest BCUT2D eigenvalue weighted by atomic mass is 10.1. The van der Waals surface area contributed by atoms with Crippen molar-refractivity contribution in [3.63, 3.8) is 0 Å². The Hall–Kier alpha value is -0.570. The van der Waals surface area contributed by atoms with E-state index in [9.17, 15) is 9.90 Å². The van der Waals surface area contributed by atoms with E-state index in [2.05, 4.69) is 11.8 Å². The van der Waals surface area contributed by atoms with Crippen molar-refractivity contribution >= 4 is 5.97 Å². The van der Waals surface area contributed by atoms with Crippen LogP contribution in [0.2, 0.25) is 0 Å². The maximum Gasteiger partial charge on any atom is 0.355 e. The summed E-state index contributed by atoms with van der Waals surface area (Å²) in [7, 11) is 3.28. The van der Waals surface area contributed by atoms with Crippen molar-refractivity contribution in [2.75, 3.05) is 6.61 Å². The monoisotopic (exact) mass is 186 g/mol. The Bertz CT molecular complexity index is 123. The summed E-state index contributed by atoms with van der Waals surface area (Å²) >= 11 is 0. The Kier molecular flexibility index (Phi) is 9.10.